The van der Waals surface area contributed by atoms with Gasteiger partial charge in [0.25, 0.3) is 0 Å². The maximum atomic E-state index is 16.1. The van der Waals surface area contributed by atoms with Crippen molar-refractivity contribution in [2.45, 2.75) is 115 Å². The second-order valence-corrected chi connectivity index (χ2v) is 23.0. The fourth-order valence-electron chi connectivity index (χ4n) is 11.8. The molecule has 0 radical (unpaired) electrons. The molecule has 1 saturated carbocycles. The molecule has 21 heteroatoms. The van der Waals surface area contributed by atoms with Crippen molar-refractivity contribution in [2.75, 3.05) is 44.9 Å². The molecule has 4 aliphatic rings. The lowest BCUT2D eigenvalue weighted by molar-refractivity contribution is -0.142. The number of hydrogen-bond acceptors (Lipinski definition) is 16. The number of nitrogens with one attached hydrogen (secondary N) is 3. The molecule has 2 bridgehead atoms. The van der Waals surface area contributed by atoms with Gasteiger partial charge in [0.15, 0.2) is 5.75 Å². The van der Waals surface area contributed by atoms with Crippen molar-refractivity contribution in [3.63, 3.8) is 0 Å². The molecular weight excluding hydrogens is 1040 g/mol. The van der Waals surface area contributed by atoms with Gasteiger partial charge in [0.05, 0.1) is 58.8 Å². The molecule has 5 N–H and O–H groups in total. The van der Waals surface area contributed by atoms with E-state index in [1.165, 1.54) is 15.6 Å². The van der Waals surface area contributed by atoms with Crippen LogP contribution in [0.5, 0.6) is 11.8 Å². The van der Waals surface area contributed by atoms with Crippen molar-refractivity contribution in [1.29, 1.82) is 0 Å². The minimum absolute atomic E-state index is 0.0383. The molecule has 3 aliphatic heterocycles. The first-order chi connectivity index (χ1) is 38.7. The summed E-state index contributed by atoms with van der Waals surface area (Å²) in [6.45, 7) is 11.0. The third kappa shape index (κ3) is 10.1. The topological polar surface area (TPSA) is 231 Å². The number of methoxy groups -OCH3 is 1. The number of benzene rings is 4. The first-order valence-electron chi connectivity index (χ1n) is 27.5. The first-order valence-corrected chi connectivity index (χ1v) is 28.3. The Morgan fingerprint density at radius 1 is 0.963 bits per heavy atom. The van der Waals surface area contributed by atoms with Gasteiger partial charge in [0.2, 0.25) is 11.8 Å². The summed E-state index contributed by atoms with van der Waals surface area (Å²) < 4.78 is 36.6. The van der Waals surface area contributed by atoms with Crippen LogP contribution in [0, 0.1) is 25.6 Å². The van der Waals surface area contributed by atoms with E-state index in [0.29, 0.717) is 45.2 Å². The molecule has 19 nitrogen and oxygen atoms in total. The van der Waals surface area contributed by atoms with Crippen LogP contribution in [-0.2, 0) is 20.9 Å². The zero-order valence-electron chi connectivity index (χ0n) is 45.5. The number of halogens is 1. The maximum Gasteiger partial charge on any atom is 0.319 e. The molecular formula is C59H65FN12O7S. The highest BCUT2D eigenvalue weighted by molar-refractivity contribution is 7.13. The maximum absolute atomic E-state index is 16.1. The summed E-state index contributed by atoms with van der Waals surface area (Å²) in [5.74, 6) is 0.000290. The van der Waals surface area contributed by atoms with E-state index < -0.39 is 30.1 Å². The van der Waals surface area contributed by atoms with Crippen LogP contribution >= 0.6 is 11.3 Å². The van der Waals surface area contributed by atoms with Gasteiger partial charge in [0, 0.05) is 72.7 Å². The zero-order chi connectivity index (χ0) is 55.5. The number of ether oxygens (including phenoxy) is 3. The largest absolute Gasteiger partial charge is 0.486 e. The molecule has 12 rings (SSSR count). The molecule has 8 aromatic rings. The van der Waals surface area contributed by atoms with Crippen LogP contribution in [0.4, 0.5) is 10.2 Å². The molecule has 416 valence electrons. The van der Waals surface area contributed by atoms with Gasteiger partial charge in [-0.3, -0.25) is 14.7 Å². The van der Waals surface area contributed by atoms with Crippen molar-refractivity contribution in [1.82, 2.24) is 55.7 Å². The van der Waals surface area contributed by atoms with Crippen LogP contribution in [0.2, 0.25) is 0 Å². The van der Waals surface area contributed by atoms with Gasteiger partial charge < -0.3 is 44.9 Å². The number of carbonyl (C=O) groups is 2. The second-order valence-electron chi connectivity index (χ2n) is 22.2. The number of fused-ring (bicyclic) bond motifs is 4. The van der Waals surface area contributed by atoms with Gasteiger partial charge in [-0.05, 0) is 91.8 Å². The van der Waals surface area contributed by atoms with Crippen LogP contribution in [0.3, 0.4) is 0 Å². The highest BCUT2D eigenvalue weighted by Crippen LogP contribution is 2.53. The van der Waals surface area contributed by atoms with E-state index in [0.717, 1.165) is 87.3 Å². The molecule has 80 heavy (non-hydrogen) atoms. The number of hydrogen-bond donors (Lipinski definition) is 5. The van der Waals surface area contributed by atoms with Crippen molar-refractivity contribution in [3.05, 3.63) is 112 Å². The molecule has 0 spiro atoms. The van der Waals surface area contributed by atoms with Crippen LogP contribution in [-0.4, -0.2) is 137 Å². The summed E-state index contributed by atoms with van der Waals surface area (Å²) in [6, 6.07) is 17.2. The summed E-state index contributed by atoms with van der Waals surface area (Å²) in [5.41, 5.74) is 10.6. The number of carbonyl (C=O) groups excluding carboxylic acids is 2. The van der Waals surface area contributed by atoms with Crippen LogP contribution in [0.1, 0.15) is 92.4 Å². The van der Waals surface area contributed by atoms with Gasteiger partial charge in [0.1, 0.15) is 48.1 Å². The number of thiazole rings is 1. The molecule has 7 atom stereocenters. The molecule has 2 amide bonds. The Morgan fingerprint density at radius 3 is 2.44 bits per heavy atom. The number of aryl methyl sites for hydroxylation is 1. The number of aromatic nitrogens is 8. The van der Waals surface area contributed by atoms with Crippen LogP contribution in [0.15, 0.2) is 78.6 Å². The fraction of sp³-hybridized carbons (Fsp3) is 0.424. The summed E-state index contributed by atoms with van der Waals surface area (Å²) >= 11 is 1.54. The first kappa shape index (κ1) is 53.2. The van der Waals surface area contributed by atoms with Gasteiger partial charge >= 0.3 is 6.01 Å². The van der Waals surface area contributed by atoms with Gasteiger partial charge in [-0.2, -0.15) is 15.1 Å². The Hall–Kier alpha value is -7.43. The molecule has 4 aromatic carbocycles. The van der Waals surface area contributed by atoms with E-state index in [1.54, 1.807) is 43.3 Å². The van der Waals surface area contributed by atoms with E-state index in [9.17, 15) is 19.8 Å². The number of aromatic amines is 1. The third-order valence-corrected chi connectivity index (χ3v) is 17.3. The average molecular weight is 1110 g/mol. The Morgan fingerprint density at radius 2 is 1.75 bits per heavy atom. The Balaban J connectivity index is 0.824. The number of aliphatic hydroxyl groups is 2. The highest BCUT2D eigenvalue weighted by Gasteiger charge is 2.44. The number of piperazine rings is 1. The van der Waals surface area contributed by atoms with Gasteiger partial charge in [-0.1, -0.05) is 67.6 Å². The number of H-pyrrole nitrogens is 1. The molecule has 3 saturated heterocycles. The normalized spacial score (nSPS) is 20.1. The number of likely N-dealkylation sites (tertiary alicyclic amines) is 1. The number of rotatable bonds is 19. The van der Waals surface area contributed by atoms with Crippen LogP contribution < -0.4 is 25.0 Å². The molecule has 4 fully saturated rings. The van der Waals surface area contributed by atoms with Crippen molar-refractivity contribution in [3.8, 4) is 44.6 Å². The summed E-state index contributed by atoms with van der Waals surface area (Å²) in [7, 11) is 1.64. The van der Waals surface area contributed by atoms with Crippen molar-refractivity contribution < 1.29 is 38.4 Å². The van der Waals surface area contributed by atoms with E-state index in [1.807, 2.05) is 76.2 Å². The number of aliphatic hydroxyl groups excluding tert-OH is 2. The van der Waals surface area contributed by atoms with Crippen LogP contribution in [0.25, 0.3) is 54.6 Å². The predicted octanol–water partition coefficient (Wildman–Crippen LogP) is 7.74. The predicted molar refractivity (Wildman–Crippen MR) is 301 cm³/mol. The van der Waals surface area contributed by atoms with E-state index in [4.69, 9.17) is 24.2 Å². The molecule has 4 aromatic heterocycles. The lowest BCUT2D eigenvalue weighted by Crippen LogP contribution is -2.50. The SMILES string of the molecule is CO[C@@H](C)COc1nc(N2C[C@H]3C[C@@H]2CN3)c2cc(C3CC3)c(-c3c(C)c(F)cc4[nH]ncc34)c(OCc3ccc(-c4cn([C@H](C(=O)N5C[C@H](O)C[C@H]5C(=O)N[C@@H](CO)c5ccc(-c6scnc6C)cc5)C(C)C)nn4)cc3)c2n1. The Kier molecular flexibility index (Phi) is 14.6. The van der Waals surface area contributed by atoms with Gasteiger partial charge in [-0.25, -0.2) is 14.1 Å². The third-order valence-electron chi connectivity index (χ3n) is 16.3. The number of nitrogens with zero attached hydrogens (tertiary/aromatic N) is 9. The zero-order valence-corrected chi connectivity index (χ0v) is 46.3. The molecule has 7 heterocycles. The van der Waals surface area contributed by atoms with Crippen molar-refractivity contribution >= 4 is 50.8 Å². The minimum Gasteiger partial charge on any atom is -0.486 e. The van der Waals surface area contributed by atoms with E-state index in [2.05, 4.69) is 47.1 Å². The highest BCUT2D eigenvalue weighted by atomic mass is 32.1. The van der Waals surface area contributed by atoms with E-state index >= 15 is 4.39 Å². The fourth-order valence-corrected chi connectivity index (χ4v) is 12.6. The standard InChI is InChI=1S/C59H65FN12O7S/c1-30(2)53(58(76)71-24-41(74)18-49(71)57(75)64-48(26-73)37-13-15-38(16-14-37)55-33(5)62-29-80-55)72-25-47(68-69-72)36-9-7-34(8-10-36)28-78-54-51(50-32(4)45(60)20-46-44(50)22-63-67-46)42(35-11-12-35)19-43-52(54)65-59(79-27-31(3)77-6)66-56(43)70-23-39-17-40(70)21-61-39/h7-10,13-16,19-20,22,25,29-31,35,39-41,48-49,53,61,73-74H,11-12,17-18,21,23-24,26-28H2,1-6H3,(H,63,67)(H,64,75)/t31-,39+,40+,41+,48-,49-,53-/m0/s1. The lowest BCUT2D eigenvalue weighted by atomic mass is 9.88. The molecule has 1 aliphatic carbocycles. The Labute approximate surface area is 465 Å². The number of anilines is 1. The monoisotopic (exact) mass is 1100 g/mol. The molecule has 0 unspecified atom stereocenters. The van der Waals surface area contributed by atoms with E-state index in [-0.39, 0.29) is 74.5 Å². The summed E-state index contributed by atoms with van der Waals surface area (Å²) in [6.07, 6.45) is 5.31. The Bertz CT molecular complexity index is 3600. The summed E-state index contributed by atoms with van der Waals surface area (Å²) in [4.78, 5) is 48.0. The second kappa shape index (κ2) is 21.9. The average Bonchev–Trinajstić information content (AvgIpc) is 3.77. The lowest BCUT2D eigenvalue weighted by Gasteiger charge is -2.30. The number of β-amino-alcohol motifs (C(OH)–C–C–N with tert-alkyl or cyclic N) is 1. The van der Waals surface area contributed by atoms with Crippen molar-refractivity contribution in [2.24, 2.45) is 5.92 Å². The summed E-state index contributed by atoms with van der Waals surface area (Å²) in [5, 5.41) is 45.8. The quantitative estimate of drug-likeness (QED) is 0.0521. The van der Waals surface area contributed by atoms with Gasteiger partial charge in [-0.15, -0.1) is 16.4 Å². The minimum atomic E-state index is -0.980. The smallest absolute Gasteiger partial charge is 0.319 e. The number of amides is 2.